The summed E-state index contributed by atoms with van der Waals surface area (Å²) in [6.07, 6.45) is 1.59. The molecule has 2 saturated heterocycles. The molecule has 2 aliphatic rings. The lowest BCUT2D eigenvalue weighted by atomic mass is 10.4. The summed E-state index contributed by atoms with van der Waals surface area (Å²) in [6, 6.07) is 0. The first-order valence-electron chi connectivity index (χ1n) is 4.00. The van der Waals surface area contributed by atoms with Crippen molar-refractivity contribution in [3.63, 3.8) is 0 Å². The minimum Gasteiger partial charge on any atom is -1.00 e. The monoisotopic (exact) mass is 179 g/mol. The Morgan fingerprint density at radius 2 is 2.36 bits per heavy atom. The molecule has 0 N–H and O–H groups in total. The lowest BCUT2D eigenvalue weighted by Crippen LogP contribution is -3.00. The third kappa shape index (κ3) is 1.51. The molecule has 0 aliphatic carbocycles. The van der Waals surface area contributed by atoms with E-state index >= 15 is 0 Å². The van der Waals surface area contributed by atoms with Gasteiger partial charge in [-0.15, -0.1) is 9.48 Å². The van der Waals surface area contributed by atoms with Gasteiger partial charge >= 0.3 is 0 Å². The number of quaternary nitrogens is 1. The van der Waals surface area contributed by atoms with Crippen LogP contribution in [0.25, 0.3) is 0 Å². The topological polar surface area (TPSA) is 21.8 Å². The average molecular weight is 180 g/mol. The van der Waals surface area contributed by atoms with Gasteiger partial charge in [0.15, 0.2) is 0 Å². The summed E-state index contributed by atoms with van der Waals surface area (Å²) in [4.78, 5) is 5.52. The molecule has 2 rings (SSSR count). The summed E-state index contributed by atoms with van der Waals surface area (Å²) in [5.41, 5.74) is 0. The number of halogens is 1. The average Bonchev–Trinajstić information content (AvgIpc) is 2.62. The van der Waals surface area contributed by atoms with Crippen LogP contribution in [0.4, 0.5) is 0 Å². The predicted octanol–water partition coefficient (Wildman–Crippen LogP) is -2.48. The number of hydroxylamine groups is 3. The van der Waals surface area contributed by atoms with E-state index in [-0.39, 0.29) is 12.4 Å². The highest BCUT2D eigenvalue weighted by Crippen LogP contribution is 2.35. The number of hydrogen-bond donors (Lipinski definition) is 0. The van der Waals surface area contributed by atoms with Crippen molar-refractivity contribution in [3.8, 4) is 0 Å². The van der Waals surface area contributed by atoms with Gasteiger partial charge in [0, 0.05) is 0 Å². The standard InChI is InChI=1S/C7H14NO2.ClH/c1-2-3-8-4-5-9-6-7(8)10-8;/h7H,2-6H2,1H3;1H/q+1;/p-1. The number of fused-ring (bicyclic) bond motifs is 1. The van der Waals surface area contributed by atoms with Crippen molar-refractivity contribution in [2.75, 3.05) is 26.3 Å². The Kier molecular flexibility index (Phi) is 2.75. The SMILES string of the molecule is CCC[N+]12CCOCC1O2.[Cl-]. The van der Waals surface area contributed by atoms with Crippen molar-refractivity contribution < 1.29 is 26.6 Å². The van der Waals surface area contributed by atoms with Gasteiger partial charge in [-0.1, -0.05) is 6.92 Å². The Hall–Kier alpha value is 0.170. The molecule has 3 nitrogen and oxygen atoms in total. The number of rotatable bonds is 2. The van der Waals surface area contributed by atoms with Crippen LogP contribution < -0.4 is 12.4 Å². The smallest absolute Gasteiger partial charge is 0.297 e. The lowest BCUT2D eigenvalue weighted by Gasteiger charge is -2.16. The van der Waals surface area contributed by atoms with Crippen LogP contribution in [0.3, 0.4) is 0 Å². The second-order valence-corrected chi connectivity index (χ2v) is 3.03. The highest BCUT2D eigenvalue weighted by molar-refractivity contribution is 4.57. The fourth-order valence-corrected chi connectivity index (χ4v) is 1.67. The zero-order valence-electron chi connectivity index (χ0n) is 6.75. The van der Waals surface area contributed by atoms with Crippen LogP contribution in [0, 0.1) is 0 Å². The van der Waals surface area contributed by atoms with Gasteiger partial charge in [-0.05, 0) is 6.42 Å². The maximum absolute atomic E-state index is 5.52. The highest BCUT2D eigenvalue weighted by Gasteiger charge is 2.60. The van der Waals surface area contributed by atoms with Gasteiger partial charge in [0.1, 0.15) is 19.7 Å². The van der Waals surface area contributed by atoms with Crippen LogP contribution in [0.1, 0.15) is 13.3 Å². The van der Waals surface area contributed by atoms with Gasteiger partial charge in [0.25, 0.3) is 6.23 Å². The molecule has 0 radical (unpaired) electrons. The lowest BCUT2D eigenvalue weighted by molar-refractivity contribution is -0.926. The summed E-state index contributed by atoms with van der Waals surface area (Å²) in [5.74, 6) is 0. The molecule has 66 valence electrons. The Morgan fingerprint density at radius 3 is 3.00 bits per heavy atom. The first-order chi connectivity index (χ1) is 4.87. The summed E-state index contributed by atoms with van der Waals surface area (Å²) in [6.45, 7) is 6.09. The van der Waals surface area contributed by atoms with Gasteiger partial charge in [-0.25, -0.2) is 0 Å². The molecule has 2 heterocycles. The molecule has 4 heteroatoms. The molecule has 2 unspecified atom stereocenters. The molecule has 0 aromatic carbocycles. The van der Waals surface area contributed by atoms with Crippen LogP contribution in [-0.2, 0) is 9.57 Å². The minimum atomic E-state index is 0. The predicted molar refractivity (Wildman–Crippen MR) is 36.0 cm³/mol. The van der Waals surface area contributed by atoms with E-state index < -0.39 is 0 Å². The fourth-order valence-electron chi connectivity index (χ4n) is 1.67. The van der Waals surface area contributed by atoms with Crippen LogP contribution >= 0.6 is 0 Å². The zero-order chi connectivity index (χ0) is 7.03. The van der Waals surface area contributed by atoms with Gasteiger partial charge in [-0.2, -0.15) is 0 Å². The molecule has 0 bridgehead atoms. The van der Waals surface area contributed by atoms with Gasteiger partial charge in [-0.3, -0.25) is 0 Å². The Labute approximate surface area is 73.2 Å². The van der Waals surface area contributed by atoms with Crippen molar-refractivity contribution in [1.82, 2.24) is 0 Å². The van der Waals surface area contributed by atoms with E-state index in [1.165, 1.54) is 6.42 Å². The first kappa shape index (κ1) is 9.26. The summed E-state index contributed by atoms with van der Waals surface area (Å²) in [5, 5.41) is 0. The molecule has 2 fully saturated rings. The van der Waals surface area contributed by atoms with Crippen molar-refractivity contribution in [3.05, 3.63) is 0 Å². The maximum atomic E-state index is 5.52. The Morgan fingerprint density at radius 1 is 1.55 bits per heavy atom. The van der Waals surface area contributed by atoms with E-state index in [2.05, 4.69) is 6.92 Å². The third-order valence-corrected chi connectivity index (χ3v) is 2.29. The van der Waals surface area contributed by atoms with E-state index in [1.54, 1.807) is 0 Å². The van der Waals surface area contributed by atoms with Crippen LogP contribution in [0.15, 0.2) is 0 Å². The maximum Gasteiger partial charge on any atom is 0.297 e. The van der Waals surface area contributed by atoms with E-state index in [1.807, 2.05) is 0 Å². The van der Waals surface area contributed by atoms with Gasteiger partial charge in [0.2, 0.25) is 0 Å². The second-order valence-electron chi connectivity index (χ2n) is 3.03. The third-order valence-electron chi connectivity index (χ3n) is 2.29. The molecule has 2 aliphatic heterocycles. The number of nitrogens with zero attached hydrogens (tertiary/aromatic N) is 1. The summed E-state index contributed by atoms with van der Waals surface area (Å²) < 4.78 is 6.14. The fraction of sp³-hybridized carbons (Fsp3) is 1.00. The van der Waals surface area contributed by atoms with Crippen LogP contribution in [0.5, 0.6) is 0 Å². The van der Waals surface area contributed by atoms with Crippen molar-refractivity contribution in [2.24, 2.45) is 0 Å². The molecule has 0 aromatic heterocycles. The zero-order valence-corrected chi connectivity index (χ0v) is 7.51. The van der Waals surface area contributed by atoms with Crippen molar-refractivity contribution in [2.45, 2.75) is 19.6 Å². The van der Waals surface area contributed by atoms with Gasteiger partial charge < -0.3 is 17.1 Å². The molecular formula is C7H14ClNO2. The molecule has 2 atom stereocenters. The number of morpholine rings is 1. The summed E-state index contributed by atoms with van der Waals surface area (Å²) >= 11 is 0. The minimum absolute atomic E-state index is 0. The molecule has 0 spiro atoms. The van der Waals surface area contributed by atoms with E-state index in [9.17, 15) is 0 Å². The van der Waals surface area contributed by atoms with Crippen LogP contribution in [0.2, 0.25) is 0 Å². The van der Waals surface area contributed by atoms with Crippen molar-refractivity contribution >= 4 is 0 Å². The molecule has 0 amide bonds. The molecule has 0 saturated carbocycles. The number of hydrogen-bond acceptors (Lipinski definition) is 2. The van der Waals surface area contributed by atoms with E-state index in [0.717, 1.165) is 30.9 Å². The Bertz CT molecular complexity index is 140. The first-order valence-corrected chi connectivity index (χ1v) is 4.00. The quantitative estimate of drug-likeness (QED) is 0.346. The largest absolute Gasteiger partial charge is 1.00 e. The summed E-state index contributed by atoms with van der Waals surface area (Å²) in [7, 11) is 0. The molecule has 11 heavy (non-hydrogen) atoms. The molecular weight excluding hydrogens is 166 g/mol. The van der Waals surface area contributed by atoms with E-state index in [4.69, 9.17) is 9.57 Å². The second kappa shape index (κ2) is 3.27. The van der Waals surface area contributed by atoms with Gasteiger partial charge in [0.05, 0.1) is 6.61 Å². The molecule has 0 aromatic rings. The normalized spacial score (nSPS) is 40.6. The Balaban J connectivity index is 0.000000605. The van der Waals surface area contributed by atoms with Crippen LogP contribution in [-0.4, -0.2) is 37.2 Å². The van der Waals surface area contributed by atoms with Crippen molar-refractivity contribution in [1.29, 1.82) is 0 Å². The number of ether oxygens (including phenoxy) is 1. The highest BCUT2D eigenvalue weighted by atomic mass is 35.5. The van der Waals surface area contributed by atoms with E-state index in [0.29, 0.717) is 6.23 Å².